The Balaban J connectivity index is 2.19. The first-order chi connectivity index (χ1) is 8.97. The maximum absolute atomic E-state index is 11.2. The van der Waals surface area contributed by atoms with Crippen LogP contribution in [-0.2, 0) is 4.79 Å². The minimum atomic E-state index is -1.000. The molecule has 2 N–H and O–H groups in total. The fourth-order valence-electron chi connectivity index (χ4n) is 2.34. The van der Waals surface area contributed by atoms with Gasteiger partial charge in [-0.1, -0.05) is 11.6 Å². The first-order valence-corrected chi connectivity index (χ1v) is 6.40. The van der Waals surface area contributed by atoms with Crippen LogP contribution in [0.2, 0.25) is 5.02 Å². The third-order valence-corrected chi connectivity index (χ3v) is 3.36. The van der Waals surface area contributed by atoms with Gasteiger partial charge in [0.25, 0.3) is 0 Å². The first-order valence-electron chi connectivity index (χ1n) is 6.02. The summed E-state index contributed by atoms with van der Waals surface area (Å²) in [5.41, 5.74) is 0.834. The van der Waals surface area contributed by atoms with Gasteiger partial charge in [-0.2, -0.15) is 0 Å². The van der Waals surface area contributed by atoms with Crippen LogP contribution < -0.4 is 10.2 Å². The third kappa shape index (κ3) is 3.17. The molecule has 1 aliphatic rings. The van der Waals surface area contributed by atoms with Gasteiger partial charge in [0.15, 0.2) is 0 Å². The Morgan fingerprint density at radius 2 is 2.21 bits per heavy atom. The van der Waals surface area contributed by atoms with Crippen molar-refractivity contribution < 1.29 is 14.7 Å². The zero-order valence-electron chi connectivity index (χ0n) is 10.5. The zero-order chi connectivity index (χ0) is 14.0. The van der Waals surface area contributed by atoms with E-state index < -0.39 is 5.97 Å². The molecular formula is C13H15ClN2O3. The summed E-state index contributed by atoms with van der Waals surface area (Å²) in [4.78, 5) is 24.2. The molecule has 0 bridgehead atoms. The SMILES string of the molecule is CC(=O)NC1CCN(c2ccc(Cl)cc2C(=O)O)C1. The molecule has 1 aliphatic heterocycles. The van der Waals surface area contributed by atoms with Crippen LogP contribution in [0.3, 0.4) is 0 Å². The van der Waals surface area contributed by atoms with Crippen LogP contribution in [0.5, 0.6) is 0 Å². The highest BCUT2D eigenvalue weighted by molar-refractivity contribution is 6.31. The Morgan fingerprint density at radius 3 is 2.84 bits per heavy atom. The third-order valence-electron chi connectivity index (χ3n) is 3.13. The standard InChI is InChI=1S/C13H15ClN2O3/c1-8(17)15-10-4-5-16(7-10)12-3-2-9(14)6-11(12)13(18)19/h2-3,6,10H,4-5,7H2,1H3,(H,15,17)(H,18,19). The van der Waals surface area contributed by atoms with Crippen LogP contribution in [0, 0.1) is 0 Å². The van der Waals surface area contributed by atoms with Crippen molar-refractivity contribution in [1.82, 2.24) is 5.32 Å². The summed E-state index contributed by atoms with van der Waals surface area (Å²) in [5.74, 6) is -1.07. The second-order valence-electron chi connectivity index (χ2n) is 4.60. The van der Waals surface area contributed by atoms with E-state index >= 15 is 0 Å². The van der Waals surface area contributed by atoms with E-state index in [1.165, 1.54) is 13.0 Å². The summed E-state index contributed by atoms with van der Waals surface area (Å²) >= 11 is 5.83. The van der Waals surface area contributed by atoms with Crippen LogP contribution in [0.15, 0.2) is 18.2 Å². The number of benzene rings is 1. The molecule has 0 aromatic heterocycles. The first kappa shape index (κ1) is 13.7. The number of amides is 1. The molecule has 0 aliphatic carbocycles. The van der Waals surface area contributed by atoms with Crippen LogP contribution in [0.25, 0.3) is 0 Å². The molecule has 1 fully saturated rings. The van der Waals surface area contributed by atoms with Gasteiger partial charge in [-0.25, -0.2) is 4.79 Å². The molecular weight excluding hydrogens is 268 g/mol. The zero-order valence-corrected chi connectivity index (χ0v) is 11.3. The number of hydrogen-bond donors (Lipinski definition) is 2. The summed E-state index contributed by atoms with van der Waals surface area (Å²) in [6.07, 6.45) is 0.807. The van der Waals surface area contributed by atoms with Gasteiger partial charge < -0.3 is 15.3 Å². The Morgan fingerprint density at radius 1 is 1.47 bits per heavy atom. The molecule has 1 saturated heterocycles. The average Bonchev–Trinajstić information content (AvgIpc) is 2.76. The van der Waals surface area contributed by atoms with Crippen molar-refractivity contribution in [3.05, 3.63) is 28.8 Å². The van der Waals surface area contributed by atoms with E-state index in [4.69, 9.17) is 11.6 Å². The normalized spacial score (nSPS) is 18.4. The number of nitrogens with one attached hydrogen (secondary N) is 1. The number of carboxylic acids is 1. The summed E-state index contributed by atoms with van der Waals surface area (Å²) in [5, 5.41) is 12.5. The lowest BCUT2D eigenvalue weighted by Gasteiger charge is -2.21. The molecule has 5 nitrogen and oxygen atoms in total. The van der Waals surface area contributed by atoms with E-state index in [2.05, 4.69) is 5.32 Å². The lowest BCUT2D eigenvalue weighted by atomic mass is 10.1. The number of rotatable bonds is 3. The van der Waals surface area contributed by atoms with Crippen molar-refractivity contribution in [3.63, 3.8) is 0 Å². The summed E-state index contributed by atoms with van der Waals surface area (Å²) < 4.78 is 0. The van der Waals surface area contributed by atoms with E-state index in [-0.39, 0.29) is 17.5 Å². The van der Waals surface area contributed by atoms with Crippen molar-refractivity contribution in [3.8, 4) is 0 Å². The lowest BCUT2D eigenvalue weighted by Crippen LogP contribution is -2.35. The van der Waals surface area contributed by atoms with Gasteiger partial charge >= 0.3 is 5.97 Å². The van der Waals surface area contributed by atoms with Crippen LogP contribution in [0.4, 0.5) is 5.69 Å². The highest BCUT2D eigenvalue weighted by Gasteiger charge is 2.26. The number of carbonyl (C=O) groups is 2. The van der Waals surface area contributed by atoms with Gasteiger partial charge in [-0.05, 0) is 24.6 Å². The number of hydrogen-bond acceptors (Lipinski definition) is 3. The second kappa shape index (κ2) is 5.48. The fourth-order valence-corrected chi connectivity index (χ4v) is 2.51. The fraction of sp³-hybridized carbons (Fsp3) is 0.385. The molecule has 0 spiro atoms. The Labute approximate surface area is 116 Å². The lowest BCUT2D eigenvalue weighted by molar-refractivity contribution is -0.119. The molecule has 1 atom stereocenters. The molecule has 1 aromatic carbocycles. The van der Waals surface area contributed by atoms with Gasteiger partial charge in [0.1, 0.15) is 0 Å². The predicted molar refractivity (Wildman–Crippen MR) is 72.8 cm³/mol. The monoisotopic (exact) mass is 282 g/mol. The van der Waals surface area contributed by atoms with E-state index in [9.17, 15) is 14.7 Å². The van der Waals surface area contributed by atoms with E-state index in [0.717, 1.165) is 6.42 Å². The molecule has 102 valence electrons. The molecule has 1 aromatic rings. The molecule has 0 saturated carbocycles. The van der Waals surface area contributed by atoms with E-state index in [1.807, 2.05) is 4.90 Å². The Kier molecular flexibility index (Phi) is 3.95. The molecule has 0 radical (unpaired) electrons. The number of carbonyl (C=O) groups excluding carboxylic acids is 1. The molecule has 1 heterocycles. The van der Waals surface area contributed by atoms with Gasteiger partial charge in [0.2, 0.25) is 5.91 Å². The van der Waals surface area contributed by atoms with Crippen LogP contribution in [0.1, 0.15) is 23.7 Å². The largest absolute Gasteiger partial charge is 0.478 e. The Bertz CT molecular complexity index is 519. The van der Waals surface area contributed by atoms with E-state index in [1.54, 1.807) is 12.1 Å². The summed E-state index contributed by atoms with van der Waals surface area (Å²) in [7, 11) is 0. The van der Waals surface area contributed by atoms with Crippen LogP contribution >= 0.6 is 11.6 Å². The molecule has 19 heavy (non-hydrogen) atoms. The Hall–Kier alpha value is -1.75. The predicted octanol–water partition coefficient (Wildman–Crippen LogP) is 1.75. The van der Waals surface area contributed by atoms with Crippen LogP contribution in [-0.4, -0.2) is 36.1 Å². The van der Waals surface area contributed by atoms with Gasteiger partial charge in [0, 0.05) is 31.1 Å². The minimum Gasteiger partial charge on any atom is -0.478 e. The highest BCUT2D eigenvalue weighted by atomic mass is 35.5. The minimum absolute atomic E-state index is 0.0647. The van der Waals surface area contributed by atoms with Crippen molar-refractivity contribution in [2.75, 3.05) is 18.0 Å². The van der Waals surface area contributed by atoms with Crippen molar-refractivity contribution in [1.29, 1.82) is 0 Å². The number of halogens is 1. The van der Waals surface area contributed by atoms with Crippen molar-refractivity contribution >= 4 is 29.2 Å². The molecule has 1 amide bonds. The summed E-state index contributed by atoms with van der Waals surface area (Å²) in [6.45, 7) is 2.81. The maximum atomic E-state index is 11.2. The topological polar surface area (TPSA) is 69.6 Å². The molecule has 1 unspecified atom stereocenters. The number of aromatic carboxylic acids is 1. The van der Waals surface area contributed by atoms with Gasteiger partial charge in [-0.3, -0.25) is 4.79 Å². The van der Waals surface area contributed by atoms with Crippen molar-refractivity contribution in [2.45, 2.75) is 19.4 Å². The molecule has 6 heteroatoms. The quantitative estimate of drug-likeness (QED) is 0.886. The smallest absolute Gasteiger partial charge is 0.337 e. The second-order valence-corrected chi connectivity index (χ2v) is 5.04. The van der Waals surface area contributed by atoms with Crippen molar-refractivity contribution in [2.24, 2.45) is 0 Å². The van der Waals surface area contributed by atoms with E-state index in [0.29, 0.717) is 23.8 Å². The molecule has 2 rings (SSSR count). The number of carboxylic acid groups (broad SMARTS) is 1. The number of nitrogens with zero attached hydrogens (tertiary/aromatic N) is 1. The highest BCUT2D eigenvalue weighted by Crippen LogP contribution is 2.27. The maximum Gasteiger partial charge on any atom is 0.337 e. The average molecular weight is 283 g/mol. The summed E-state index contributed by atoms with van der Waals surface area (Å²) in [6, 6.07) is 4.90. The van der Waals surface area contributed by atoms with Gasteiger partial charge in [-0.15, -0.1) is 0 Å². The van der Waals surface area contributed by atoms with Gasteiger partial charge in [0.05, 0.1) is 11.3 Å². The number of anilines is 1.